The highest BCUT2D eigenvalue weighted by atomic mass is 16.3. The van der Waals surface area contributed by atoms with Gasteiger partial charge in [-0.3, -0.25) is 0 Å². The average molecular weight is 245 g/mol. The quantitative estimate of drug-likeness (QED) is 0.850. The van der Waals surface area contributed by atoms with E-state index in [1.807, 2.05) is 36.4 Å². The molecule has 0 aliphatic rings. The van der Waals surface area contributed by atoms with E-state index in [9.17, 15) is 5.11 Å². The molecule has 0 aliphatic heterocycles. The van der Waals surface area contributed by atoms with E-state index in [2.05, 4.69) is 12.2 Å². The second kappa shape index (κ2) is 5.85. The highest BCUT2D eigenvalue weighted by Gasteiger charge is 2.06. The topological polar surface area (TPSA) is 45.4 Å². The van der Waals surface area contributed by atoms with Crippen LogP contribution in [0.25, 0.3) is 11.3 Å². The molecule has 0 amide bonds. The average Bonchev–Trinajstić information content (AvgIpc) is 2.85. The number of rotatable bonds is 5. The van der Waals surface area contributed by atoms with Gasteiger partial charge in [0, 0.05) is 5.56 Å². The summed E-state index contributed by atoms with van der Waals surface area (Å²) >= 11 is 0. The fraction of sp³-hybridized carbons (Fsp3) is 0.333. The molecule has 1 heterocycles. The molecule has 0 bridgehead atoms. The zero-order valence-electron chi connectivity index (χ0n) is 10.8. The summed E-state index contributed by atoms with van der Waals surface area (Å²) in [5.74, 6) is 1.80. The van der Waals surface area contributed by atoms with Crippen LogP contribution in [0.2, 0.25) is 0 Å². The number of nitrogens with one attached hydrogen (secondary N) is 1. The van der Waals surface area contributed by atoms with Gasteiger partial charge in [0.2, 0.25) is 0 Å². The zero-order valence-corrected chi connectivity index (χ0v) is 10.8. The first-order valence-corrected chi connectivity index (χ1v) is 6.28. The Hall–Kier alpha value is -1.58. The minimum Gasteiger partial charge on any atom is -0.460 e. The van der Waals surface area contributed by atoms with Crippen molar-refractivity contribution in [2.75, 3.05) is 6.54 Å². The number of furan rings is 1. The number of hydrogen-bond donors (Lipinski definition) is 2. The summed E-state index contributed by atoms with van der Waals surface area (Å²) in [5.41, 5.74) is 1.94. The summed E-state index contributed by atoms with van der Waals surface area (Å²) in [7, 11) is 0. The fourth-order valence-electron chi connectivity index (χ4n) is 1.80. The largest absolute Gasteiger partial charge is 0.460 e. The van der Waals surface area contributed by atoms with Crippen molar-refractivity contribution < 1.29 is 9.52 Å². The first-order valence-electron chi connectivity index (χ1n) is 6.28. The van der Waals surface area contributed by atoms with Crippen molar-refractivity contribution in [3.05, 3.63) is 47.7 Å². The van der Waals surface area contributed by atoms with Crippen LogP contribution in [0.3, 0.4) is 0 Å². The Bertz CT molecular complexity index is 485. The molecule has 2 aromatic rings. The molecule has 3 nitrogen and oxygen atoms in total. The van der Waals surface area contributed by atoms with Crippen LogP contribution >= 0.6 is 0 Å². The lowest BCUT2D eigenvalue weighted by atomic mass is 10.1. The molecular formula is C15H19NO2. The lowest BCUT2D eigenvalue weighted by Crippen LogP contribution is -2.10. The second-order valence-electron chi connectivity index (χ2n) is 4.34. The van der Waals surface area contributed by atoms with E-state index in [0.717, 1.165) is 35.7 Å². The summed E-state index contributed by atoms with van der Waals surface area (Å²) in [6.07, 6.45) is -0.431. The van der Waals surface area contributed by atoms with Gasteiger partial charge < -0.3 is 14.8 Å². The third kappa shape index (κ3) is 3.00. The SMILES string of the molecule is CCNCc1ccc(-c2ccc([C@H](C)O)cc2)o1. The van der Waals surface area contributed by atoms with Gasteiger partial charge >= 0.3 is 0 Å². The van der Waals surface area contributed by atoms with Crippen LogP contribution in [-0.4, -0.2) is 11.7 Å². The highest BCUT2D eigenvalue weighted by Crippen LogP contribution is 2.24. The molecule has 18 heavy (non-hydrogen) atoms. The third-order valence-corrected chi connectivity index (χ3v) is 2.89. The van der Waals surface area contributed by atoms with Crippen molar-refractivity contribution in [1.82, 2.24) is 5.32 Å². The maximum Gasteiger partial charge on any atom is 0.134 e. The maximum absolute atomic E-state index is 9.45. The monoisotopic (exact) mass is 245 g/mol. The molecule has 96 valence electrons. The van der Waals surface area contributed by atoms with Crippen LogP contribution < -0.4 is 5.32 Å². The predicted molar refractivity (Wildman–Crippen MR) is 72.2 cm³/mol. The smallest absolute Gasteiger partial charge is 0.134 e. The predicted octanol–water partition coefficient (Wildman–Crippen LogP) is 3.11. The number of hydrogen-bond acceptors (Lipinski definition) is 3. The van der Waals surface area contributed by atoms with Crippen molar-refractivity contribution >= 4 is 0 Å². The van der Waals surface area contributed by atoms with Crippen LogP contribution in [0.5, 0.6) is 0 Å². The van der Waals surface area contributed by atoms with E-state index < -0.39 is 6.10 Å². The molecular weight excluding hydrogens is 226 g/mol. The Morgan fingerprint density at radius 3 is 2.50 bits per heavy atom. The van der Waals surface area contributed by atoms with Gasteiger partial charge in [0.15, 0.2) is 0 Å². The van der Waals surface area contributed by atoms with E-state index >= 15 is 0 Å². The van der Waals surface area contributed by atoms with Gasteiger partial charge in [-0.2, -0.15) is 0 Å². The van der Waals surface area contributed by atoms with Crippen molar-refractivity contribution in [3.8, 4) is 11.3 Å². The second-order valence-corrected chi connectivity index (χ2v) is 4.34. The Balaban J connectivity index is 2.13. The number of aliphatic hydroxyl groups is 1. The van der Waals surface area contributed by atoms with Crippen molar-refractivity contribution in [1.29, 1.82) is 0 Å². The van der Waals surface area contributed by atoms with Crippen LogP contribution in [0.4, 0.5) is 0 Å². The minimum absolute atomic E-state index is 0.431. The molecule has 0 saturated heterocycles. The van der Waals surface area contributed by atoms with Crippen LogP contribution in [-0.2, 0) is 6.54 Å². The molecule has 0 spiro atoms. The molecule has 1 atom stereocenters. The standard InChI is InChI=1S/C15H19NO2/c1-3-16-10-14-8-9-15(18-14)13-6-4-12(5-7-13)11(2)17/h4-9,11,16-17H,3,10H2,1-2H3/t11-/m0/s1. The van der Waals surface area contributed by atoms with E-state index in [4.69, 9.17) is 4.42 Å². The Morgan fingerprint density at radius 2 is 1.89 bits per heavy atom. The molecule has 0 unspecified atom stereocenters. The first-order chi connectivity index (χ1) is 8.70. The maximum atomic E-state index is 9.45. The van der Waals surface area contributed by atoms with Gasteiger partial charge in [0.25, 0.3) is 0 Å². The minimum atomic E-state index is -0.431. The van der Waals surface area contributed by atoms with E-state index in [1.165, 1.54) is 0 Å². The van der Waals surface area contributed by atoms with Gasteiger partial charge in [0.1, 0.15) is 11.5 Å². The summed E-state index contributed by atoms with van der Waals surface area (Å²) < 4.78 is 5.75. The van der Waals surface area contributed by atoms with Gasteiger partial charge in [-0.15, -0.1) is 0 Å². The summed E-state index contributed by atoms with van der Waals surface area (Å²) in [6.45, 7) is 5.51. The molecule has 2 rings (SSSR count). The summed E-state index contributed by atoms with van der Waals surface area (Å²) in [5, 5.41) is 12.7. The number of aliphatic hydroxyl groups excluding tert-OH is 1. The molecule has 0 aliphatic carbocycles. The van der Waals surface area contributed by atoms with Crippen LogP contribution in [0, 0.1) is 0 Å². The third-order valence-electron chi connectivity index (χ3n) is 2.89. The van der Waals surface area contributed by atoms with E-state index in [-0.39, 0.29) is 0 Å². The molecule has 0 fully saturated rings. The molecule has 1 aromatic heterocycles. The van der Waals surface area contributed by atoms with E-state index in [1.54, 1.807) is 6.92 Å². The van der Waals surface area contributed by atoms with Gasteiger partial charge in [-0.05, 0) is 31.2 Å². The lowest BCUT2D eigenvalue weighted by Gasteiger charge is -2.04. The molecule has 0 radical (unpaired) electrons. The van der Waals surface area contributed by atoms with Crippen molar-refractivity contribution in [3.63, 3.8) is 0 Å². The van der Waals surface area contributed by atoms with Crippen LogP contribution in [0.15, 0.2) is 40.8 Å². The number of benzene rings is 1. The highest BCUT2D eigenvalue weighted by molar-refractivity contribution is 5.58. The molecule has 1 aromatic carbocycles. The zero-order chi connectivity index (χ0) is 13.0. The van der Waals surface area contributed by atoms with Crippen LogP contribution in [0.1, 0.15) is 31.3 Å². The lowest BCUT2D eigenvalue weighted by molar-refractivity contribution is 0.199. The van der Waals surface area contributed by atoms with E-state index in [0.29, 0.717) is 0 Å². The normalized spacial score (nSPS) is 12.6. The Kier molecular flexibility index (Phi) is 4.18. The van der Waals surface area contributed by atoms with Gasteiger partial charge in [0.05, 0.1) is 12.6 Å². The van der Waals surface area contributed by atoms with Gasteiger partial charge in [-0.1, -0.05) is 31.2 Å². The summed E-state index contributed by atoms with van der Waals surface area (Å²) in [6, 6.07) is 11.7. The first kappa shape index (κ1) is 12.9. The fourth-order valence-corrected chi connectivity index (χ4v) is 1.80. The Morgan fingerprint density at radius 1 is 1.17 bits per heavy atom. The van der Waals surface area contributed by atoms with Crippen molar-refractivity contribution in [2.45, 2.75) is 26.5 Å². The Labute approximate surface area is 107 Å². The summed E-state index contributed by atoms with van der Waals surface area (Å²) in [4.78, 5) is 0. The molecule has 3 heteroatoms. The molecule has 0 saturated carbocycles. The van der Waals surface area contributed by atoms with Gasteiger partial charge in [-0.25, -0.2) is 0 Å². The van der Waals surface area contributed by atoms with Crippen molar-refractivity contribution in [2.24, 2.45) is 0 Å². The molecule has 2 N–H and O–H groups in total.